The van der Waals surface area contributed by atoms with E-state index in [1.54, 1.807) is 6.20 Å². The minimum absolute atomic E-state index is 0.0949. The number of carbonyl (C=O) groups excluding carboxylic acids is 1. The lowest BCUT2D eigenvalue weighted by molar-refractivity contribution is 0.0911. The highest BCUT2D eigenvalue weighted by Crippen LogP contribution is 2.24. The number of hydrogen-bond acceptors (Lipinski definition) is 4. The molecule has 17 heavy (non-hydrogen) atoms. The minimum atomic E-state index is -0.536. The number of rotatable bonds is 3. The highest BCUT2D eigenvalue weighted by Gasteiger charge is 2.27. The number of nitrogens with one attached hydrogen (secondary N) is 1. The van der Waals surface area contributed by atoms with Crippen molar-refractivity contribution in [3.05, 3.63) is 39.7 Å². The third-order valence-electron chi connectivity index (χ3n) is 2.26. The molecular weight excluding hydrogens is 260 g/mol. The van der Waals surface area contributed by atoms with Crippen molar-refractivity contribution in [2.45, 2.75) is 19.4 Å². The zero-order valence-corrected chi connectivity index (χ0v) is 10.9. The van der Waals surface area contributed by atoms with Crippen LogP contribution in [0.3, 0.4) is 0 Å². The normalized spacial score (nSPS) is 11.5. The molecule has 0 bridgehead atoms. The van der Waals surface area contributed by atoms with Crippen LogP contribution in [0, 0.1) is 0 Å². The summed E-state index contributed by atoms with van der Waals surface area (Å²) in [6, 6.07) is 1.54. The summed E-state index contributed by atoms with van der Waals surface area (Å²) in [6.45, 7) is 3.77. The van der Waals surface area contributed by atoms with Crippen LogP contribution in [-0.4, -0.2) is 10.9 Å². The lowest BCUT2D eigenvalue weighted by Crippen LogP contribution is -2.40. The van der Waals surface area contributed by atoms with Gasteiger partial charge in [0.1, 0.15) is 5.01 Å². The molecule has 1 N–H and O–H groups in total. The first-order valence-corrected chi connectivity index (χ1v) is 6.22. The van der Waals surface area contributed by atoms with E-state index in [0.717, 1.165) is 5.01 Å². The van der Waals surface area contributed by atoms with Gasteiger partial charge in [-0.25, -0.2) is 4.98 Å². The monoisotopic (exact) mass is 270 g/mol. The van der Waals surface area contributed by atoms with Gasteiger partial charge in [0.25, 0.3) is 5.91 Å². The van der Waals surface area contributed by atoms with E-state index < -0.39 is 5.54 Å². The Morgan fingerprint density at radius 3 is 2.88 bits per heavy atom. The van der Waals surface area contributed by atoms with Gasteiger partial charge in [0, 0.05) is 11.6 Å². The molecule has 0 aromatic carbocycles. The average Bonchev–Trinajstić information content (AvgIpc) is 2.85. The standard InChI is InChI=1S/C11H11ClN2O2S/c1-11(2,10-13-4-6-17-10)14-9(15)7-3-5-16-8(7)12/h3-6H,1-2H3,(H,14,15). The number of amides is 1. The van der Waals surface area contributed by atoms with Crippen molar-refractivity contribution in [3.63, 3.8) is 0 Å². The summed E-state index contributed by atoms with van der Waals surface area (Å²) in [5.74, 6) is -0.274. The summed E-state index contributed by atoms with van der Waals surface area (Å²) in [6.07, 6.45) is 3.09. The maximum atomic E-state index is 12.0. The molecule has 0 aliphatic rings. The topological polar surface area (TPSA) is 55.1 Å². The van der Waals surface area contributed by atoms with Crippen LogP contribution in [0.1, 0.15) is 29.2 Å². The first kappa shape index (κ1) is 12.1. The molecule has 1 amide bonds. The van der Waals surface area contributed by atoms with Crippen molar-refractivity contribution < 1.29 is 9.21 Å². The van der Waals surface area contributed by atoms with E-state index >= 15 is 0 Å². The van der Waals surface area contributed by atoms with Crippen LogP contribution < -0.4 is 5.32 Å². The van der Waals surface area contributed by atoms with Gasteiger partial charge in [0.15, 0.2) is 0 Å². The largest absolute Gasteiger partial charge is 0.452 e. The summed E-state index contributed by atoms with van der Waals surface area (Å²) < 4.78 is 4.88. The van der Waals surface area contributed by atoms with E-state index in [0.29, 0.717) is 5.56 Å². The summed E-state index contributed by atoms with van der Waals surface area (Å²) in [7, 11) is 0. The predicted molar refractivity (Wildman–Crippen MR) is 66.3 cm³/mol. The van der Waals surface area contributed by atoms with Crippen LogP contribution in [0.5, 0.6) is 0 Å². The van der Waals surface area contributed by atoms with Crippen molar-refractivity contribution >= 4 is 28.8 Å². The number of hydrogen-bond donors (Lipinski definition) is 1. The maximum absolute atomic E-state index is 12.0. The summed E-state index contributed by atoms with van der Waals surface area (Å²) in [4.78, 5) is 16.2. The third kappa shape index (κ3) is 2.50. The van der Waals surface area contributed by atoms with E-state index in [2.05, 4.69) is 10.3 Å². The van der Waals surface area contributed by atoms with Crippen LogP contribution in [0.4, 0.5) is 0 Å². The van der Waals surface area contributed by atoms with Gasteiger partial charge < -0.3 is 9.73 Å². The molecule has 0 saturated carbocycles. The van der Waals surface area contributed by atoms with E-state index in [1.165, 1.54) is 23.7 Å². The fourth-order valence-electron chi connectivity index (χ4n) is 1.39. The third-order valence-corrected chi connectivity index (χ3v) is 3.65. The molecule has 0 atom stereocenters. The smallest absolute Gasteiger partial charge is 0.256 e. The van der Waals surface area contributed by atoms with Crippen molar-refractivity contribution in [1.82, 2.24) is 10.3 Å². The fourth-order valence-corrected chi connectivity index (χ4v) is 2.31. The minimum Gasteiger partial charge on any atom is -0.452 e. The van der Waals surface area contributed by atoms with Crippen molar-refractivity contribution in [2.75, 3.05) is 0 Å². The van der Waals surface area contributed by atoms with Gasteiger partial charge in [0.2, 0.25) is 5.22 Å². The Morgan fingerprint density at radius 1 is 1.59 bits per heavy atom. The Kier molecular flexibility index (Phi) is 3.22. The van der Waals surface area contributed by atoms with Gasteiger partial charge in [-0.3, -0.25) is 4.79 Å². The van der Waals surface area contributed by atoms with E-state index in [4.69, 9.17) is 16.0 Å². The molecule has 2 aromatic heterocycles. The molecule has 90 valence electrons. The Bertz CT molecular complexity index is 519. The lowest BCUT2D eigenvalue weighted by atomic mass is 10.1. The van der Waals surface area contributed by atoms with E-state index in [1.807, 2.05) is 19.2 Å². The van der Waals surface area contributed by atoms with Crippen LogP contribution >= 0.6 is 22.9 Å². The van der Waals surface area contributed by atoms with Gasteiger partial charge >= 0.3 is 0 Å². The number of thiazole rings is 1. The first-order valence-electron chi connectivity index (χ1n) is 4.96. The summed E-state index contributed by atoms with van der Waals surface area (Å²) >= 11 is 7.24. The number of nitrogens with zero attached hydrogens (tertiary/aromatic N) is 1. The molecule has 2 aromatic rings. The summed E-state index contributed by atoms with van der Waals surface area (Å²) in [5.41, 5.74) is -0.206. The molecule has 4 nitrogen and oxygen atoms in total. The van der Waals surface area contributed by atoms with Gasteiger partial charge in [0.05, 0.1) is 17.4 Å². The fraction of sp³-hybridized carbons (Fsp3) is 0.273. The number of aromatic nitrogens is 1. The van der Waals surface area contributed by atoms with Gasteiger partial charge in [-0.2, -0.15) is 0 Å². The van der Waals surface area contributed by atoms with Crippen molar-refractivity contribution in [1.29, 1.82) is 0 Å². The Morgan fingerprint density at radius 2 is 2.35 bits per heavy atom. The van der Waals surface area contributed by atoms with Crippen LogP contribution in [-0.2, 0) is 5.54 Å². The molecule has 2 heterocycles. The molecule has 0 fully saturated rings. The summed E-state index contributed by atoms with van der Waals surface area (Å²) in [5, 5.41) is 5.67. The predicted octanol–water partition coefficient (Wildman–Crippen LogP) is 3.05. The highest BCUT2D eigenvalue weighted by molar-refractivity contribution is 7.09. The van der Waals surface area contributed by atoms with Crippen molar-refractivity contribution in [3.8, 4) is 0 Å². The van der Waals surface area contributed by atoms with Gasteiger partial charge in [-0.15, -0.1) is 11.3 Å². The Labute approximate surface area is 108 Å². The first-order chi connectivity index (χ1) is 8.00. The van der Waals surface area contributed by atoms with Gasteiger partial charge in [-0.05, 0) is 31.5 Å². The molecule has 0 aliphatic heterocycles. The molecule has 0 unspecified atom stereocenters. The number of halogens is 1. The lowest BCUT2D eigenvalue weighted by Gasteiger charge is -2.23. The second-order valence-electron chi connectivity index (χ2n) is 4.02. The average molecular weight is 271 g/mol. The zero-order valence-electron chi connectivity index (χ0n) is 9.36. The van der Waals surface area contributed by atoms with Crippen LogP contribution in [0.2, 0.25) is 5.22 Å². The van der Waals surface area contributed by atoms with E-state index in [9.17, 15) is 4.79 Å². The second kappa shape index (κ2) is 4.50. The second-order valence-corrected chi connectivity index (χ2v) is 5.26. The van der Waals surface area contributed by atoms with Gasteiger partial charge in [-0.1, -0.05) is 0 Å². The molecule has 0 saturated heterocycles. The molecule has 2 rings (SSSR count). The number of carbonyl (C=O) groups is 1. The SMILES string of the molecule is CC(C)(NC(=O)c1ccoc1Cl)c1nccs1. The highest BCUT2D eigenvalue weighted by atomic mass is 35.5. The van der Waals surface area contributed by atoms with Crippen LogP contribution in [0.25, 0.3) is 0 Å². The van der Waals surface area contributed by atoms with Crippen molar-refractivity contribution in [2.24, 2.45) is 0 Å². The molecule has 6 heteroatoms. The quantitative estimate of drug-likeness (QED) is 0.933. The Hall–Kier alpha value is -1.33. The molecular formula is C11H11ClN2O2S. The molecule has 0 aliphatic carbocycles. The zero-order chi connectivity index (χ0) is 12.5. The molecule has 0 radical (unpaired) electrons. The molecule has 0 spiro atoms. The van der Waals surface area contributed by atoms with E-state index in [-0.39, 0.29) is 11.1 Å². The maximum Gasteiger partial charge on any atom is 0.256 e. The Balaban J connectivity index is 2.17. The van der Waals surface area contributed by atoms with Crippen LogP contribution in [0.15, 0.2) is 28.3 Å². The number of furan rings is 1.